The van der Waals surface area contributed by atoms with Gasteiger partial charge < -0.3 is 63.7 Å². The summed E-state index contributed by atoms with van der Waals surface area (Å²) in [4.78, 5) is 134. The minimum absolute atomic E-state index is 0.0126. The SMILES string of the molecule is CC(=O)NC1C(ONCCCC(=O)CN(CCCNC(=O)CCCNC(O)OC2OC3(COC(C)=O)C(OC(C)=O)C(OC(C)=O)C23NC(C)=O)C(c2ccccc2)(c2ccccc2)c2ccccc2)OC(COC(C)=O)C(OC(C)=O)C1OC(C)=O. The number of benzene rings is 3. The van der Waals surface area contributed by atoms with Crippen molar-refractivity contribution in [3.63, 3.8) is 0 Å². The number of hydrogen-bond donors (Lipinski definition) is 6. The Hall–Kier alpha value is -7.76. The monoisotopic (exact) mass is 1220 g/mol. The topological polar surface area (TPSA) is 347 Å². The normalized spacial score (nSPS) is 24.0. The van der Waals surface area contributed by atoms with Gasteiger partial charge in [-0.15, -0.1) is 0 Å². The first kappa shape index (κ1) is 68.4. The summed E-state index contributed by atoms with van der Waals surface area (Å²) in [5.74, 6) is -6.14. The van der Waals surface area contributed by atoms with Gasteiger partial charge in [0, 0.05) is 94.4 Å². The van der Waals surface area contributed by atoms with E-state index in [1.54, 1.807) is 0 Å². The van der Waals surface area contributed by atoms with Gasteiger partial charge in [0.2, 0.25) is 30.4 Å². The first-order valence-corrected chi connectivity index (χ1v) is 28.4. The molecule has 2 aliphatic heterocycles. The van der Waals surface area contributed by atoms with E-state index in [1.807, 2.05) is 91.0 Å². The molecular weight excluding hydrogens is 1140 g/mol. The minimum atomic E-state index is -1.78. The summed E-state index contributed by atoms with van der Waals surface area (Å²) in [6.07, 6.45) is -10.3. The van der Waals surface area contributed by atoms with Crippen LogP contribution in [0.3, 0.4) is 0 Å². The molecule has 3 aromatic carbocycles. The van der Waals surface area contributed by atoms with E-state index in [-0.39, 0.29) is 63.6 Å². The van der Waals surface area contributed by atoms with Crippen molar-refractivity contribution >= 4 is 59.3 Å². The Bertz CT molecular complexity index is 2770. The van der Waals surface area contributed by atoms with Crippen LogP contribution in [0.15, 0.2) is 91.0 Å². The number of hydrogen-bond acceptors (Lipinski definition) is 24. The molecule has 3 aromatic rings. The minimum Gasteiger partial charge on any atom is -0.463 e. The molecule has 6 N–H and O–H groups in total. The second-order valence-corrected chi connectivity index (χ2v) is 21.1. The summed E-state index contributed by atoms with van der Waals surface area (Å²) in [6.45, 7) is 8.77. The van der Waals surface area contributed by atoms with Crippen LogP contribution < -0.4 is 26.7 Å². The lowest BCUT2D eigenvalue weighted by atomic mass is 9.53. The second kappa shape index (κ2) is 31.8. The lowest BCUT2D eigenvalue weighted by molar-refractivity contribution is -0.487. The fraction of sp³-hybridized carbons (Fsp3) is 0.533. The van der Waals surface area contributed by atoms with Crippen molar-refractivity contribution < 1.29 is 101 Å². The van der Waals surface area contributed by atoms with Crippen LogP contribution in [0.2, 0.25) is 0 Å². The summed E-state index contributed by atoms with van der Waals surface area (Å²) in [5, 5.41) is 22.0. The highest BCUT2D eigenvalue weighted by Gasteiger charge is 2.89. The number of ketones is 1. The Morgan fingerprint density at radius 1 is 0.621 bits per heavy atom. The van der Waals surface area contributed by atoms with Crippen LogP contribution in [-0.2, 0) is 101 Å². The number of ether oxygens (including phenoxy) is 9. The third-order valence-electron chi connectivity index (χ3n) is 14.5. The van der Waals surface area contributed by atoms with Crippen molar-refractivity contribution in [2.45, 2.75) is 160 Å². The van der Waals surface area contributed by atoms with Gasteiger partial charge in [-0.05, 0) is 36.0 Å². The number of amides is 3. The fourth-order valence-corrected chi connectivity index (χ4v) is 11.2. The van der Waals surface area contributed by atoms with Crippen LogP contribution in [0.25, 0.3) is 0 Å². The summed E-state index contributed by atoms with van der Waals surface area (Å²) in [7, 11) is 0. The van der Waals surface area contributed by atoms with E-state index in [1.165, 1.54) is 20.8 Å². The lowest BCUT2D eigenvalue weighted by Gasteiger charge is -2.73. The Morgan fingerprint density at radius 2 is 1.16 bits per heavy atom. The Kier molecular flexibility index (Phi) is 24.9. The molecule has 11 unspecified atom stereocenters. The standard InChI is InChI=1S/C60H78N6O21/c1-36(67)64-50-52(81-41(6)72)51(80-40(5)71)48(34-78-38(3)69)84-55(50)87-63-31-18-27-47(75)33-66(59(44-21-12-9-13-22-44,45-23-14-10-15-24-45)46-25-16-11-17-26-46)32-20-30-61-49(76)28-19-29-62-57(77)85-56-60(65-37(2)68)54(83-43(8)74)53(82-42(7)73)58(60,86-56)35-79-39(4)70/h9-17,21-26,48,50-57,62-63,77H,18-20,27-35H2,1-8H3,(H,61,76)(H,64,67)(H,65,68). The molecule has 0 radical (unpaired) electrons. The van der Waals surface area contributed by atoms with Crippen molar-refractivity contribution in [2.24, 2.45) is 0 Å². The summed E-state index contributed by atoms with van der Waals surface area (Å²) in [6, 6.07) is 28.1. The van der Waals surface area contributed by atoms with Crippen LogP contribution in [0.4, 0.5) is 0 Å². The maximum atomic E-state index is 14.5. The van der Waals surface area contributed by atoms with Crippen molar-refractivity contribution in [1.29, 1.82) is 0 Å². The van der Waals surface area contributed by atoms with Crippen molar-refractivity contribution in [3.8, 4) is 0 Å². The molecule has 3 amide bonds. The van der Waals surface area contributed by atoms with Gasteiger partial charge in [-0.2, -0.15) is 5.48 Å². The van der Waals surface area contributed by atoms with E-state index in [0.29, 0.717) is 13.0 Å². The van der Waals surface area contributed by atoms with E-state index >= 15 is 0 Å². The summed E-state index contributed by atoms with van der Waals surface area (Å²) >= 11 is 0. The lowest BCUT2D eigenvalue weighted by Crippen LogP contribution is -3.01. The third kappa shape index (κ3) is 17.3. The van der Waals surface area contributed by atoms with Gasteiger partial charge in [0.15, 0.2) is 41.8 Å². The van der Waals surface area contributed by atoms with Crippen molar-refractivity contribution in [2.75, 3.05) is 45.9 Å². The van der Waals surface area contributed by atoms with Gasteiger partial charge in [0.05, 0.1) is 12.1 Å². The third-order valence-corrected chi connectivity index (χ3v) is 14.5. The zero-order valence-electron chi connectivity index (χ0n) is 49.9. The number of aliphatic hydroxyl groups is 1. The van der Waals surface area contributed by atoms with E-state index in [0.717, 1.165) is 51.3 Å². The molecule has 1 saturated carbocycles. The summed E-state index contributed by atoms with van der Waals surface area (Å²) < 4.78 is 50.1. The number of nitrogens with one attached hydrogen (secondary N) is 5. The highest BCUT2D eigenvalue weighted by molar-refractivity contribution is 5.81. The number of esters is 6. The molecular formula is C60H78N6O21. The van der Waals surface area contributed by atoms with E-state index in [9.17, 15) is 53.1 Å². The Morgan fingerprint density at radius 3 is 1.69 bits per heavy atom. The zero-order chi connectivity index (χ0) is 63.5. The first-order chi connectivity index (χ1) is 41.4. The molecule has 1 aliphatic carbocycles. The first-order valence-electron chi connectivity index (χ1n) is 28.4. The molecule has 3 fully saturated rings. The number of nitrogens with zero attached hydrogens (tertiary/aromatic N) is 1. The Balaban J connectivity index is 1.11. The molecule has 27 heteroatoms. The molecule has 11 atom stereocenters. The van der Waals surface area contributed by atoms with E-state index in [2.05, 4.69) is 31.6 Å². The number of Topliss-reactive ketones (excluding diaryl/α,β-unsaturated/α-hetero) is 1. The molecule has 27 nitrogen and oxygen atoms in total. The van der Waals surface area contributed by atoms with Crippen molar-refractivity contribution in [1.82, 2.24) is 31.6 Å². The highest BCUT2D eigenvalue weighted by atomic mass is 16.8. The van der Waals surface area contributed by atoms with E-state index < -0.39 is 133 Å². The van der Waals surface area contributed by atoms with Gasteiger partial charge in [-0.25, -0.2) is 0 Å². The van der Waals surface area contributed by atoms with Gasteiger partial charge in [-0.1, -0.05) is 91.0 Å². The van der Waals surface area contributed by atoms with Gasteiger partial charge in [0.1, 0.15) is 31.1 Å². The molecule has 6 rings (SSSR count). The maximum Gasteiger partial charge on any atom is 0.303 e. The van der Waals surface area contributed by atoms with Crippen LogP contribution in [-0.4, -0.2) is 182 Å². The number of fused-ring (bicyclic) bond motifs is 1. The number of rotatable bonds is 33. The largest absolute Gasteiger partial charge is 0.463 e. The quantitative estimate of drug-likeness (QED) is 0.0125. The average Bonchev–Trinajstić information content (AvgIpc) is 0.647. The second-order valence-electron chi connectivity index (χ2n) is 21.1. The Labute approximate surface area is 503 Å². The molecule has 474 valence electrons. The number of hydroxylamine groups is 1. The van der Waals surface area contributed by atoms with Crippen LogP contribution in [0.5, 0.6) is 0 Å². The van der Waals surface area contributed by atoms with Crippen molar-refractivity contribution in [3.05, 3.63) is 108 Å². The number of carbonyl (C=O) groups excluding carboxylic acids is 10. The van der Waals surface area contributed by atoms with Gasteiger partial charge in [0.25, 0.3) is 0 Å². The molecule has 0 aromatic heterocycles. The molecule has 3 aliphatic rings. The fourth-order valence-electron chi connectivity index (χ4n) is 11.2. The molecule has 0 bridgehead atoms. The predicted molar refractivity (Wildman–Crippen MR) is 302 cm³/mol. The summed E-state index contributed by atoms with van der Waals surface area (Å²) in [5.41, 5.74) is 0.861. The molecule has 0 spiro atoms. The van der Waals surface area contributed by atoms with Crippen LogP contribution in [0, 0.1) is 0 Å². The van der Waals surface area contributed by atoms with Crippen LogP contribution >= 0.6 is 0 Å². The number of aliphatic hydroxyl groups excluding tert-OH is 1. The average molecular weight is 1220 g/mol. The smallest absolute Gasteiger partial charge is 0.303 e. The number of carbonyl (C=O) groups is 10. The molecule has 87 heavy (non-hydrogen) atoms. The van der Waals surface area contributed by atoms with Crippen LogP contribution in [0.1, 0.15) is 104 Å². The predicted octanol–water partition coefficient (Wildman–Crippen LogP) is 1.39. The maximum absolute atomic E-state index is 14.5. The van der Waals surface area contributed by atoms with Gasteiger partial charge >= 0.3 is 35.8 Å². The molecule has 2 heterocycles. The van der Waals surface area contributed by atoms with E-state index in [4.69, 9.17) is 47.5 Å². The highest BCUT2D eigenvalue weighted by Crippen LogP contribution is 2.61. The molecule has 2 saturated heterocycles. The zero-order valence-corrected chi connectivity index (χ0v) is 49.9. The van der Waals surface area contributed by atoms with Gasteiger partial charge in [-0.3, -0.25) is 63.0 Å².